The number of unbranched alkanes of at least 4 members (excludes halogenated alkanes) is 6. The second-order valence-electron chi connectivity index (χ2n) is 4.87. The quantitative estimate of drug-likeness (QED) is 0.411. The molecule has 0 amide bonds. The average Bonchev–Trinajstić information content (AvgIpc) is 2.41. The Labute approximate surface area is 140 Å². The van der Waals surface area contributed by atoms with Crippen molar-refractivity contribution in [2.24, 2.45) is 0 Å². The van der Waals surface area contributed by atoms with Crippen molar-refractivity contribution in [2.75, 3.05) is 0 Å². The summed E-state index contributed by atoms with van der Waals surface area (Å²) in [6.45, 7) is 4.19. The number of hydrogen-bond acceptors (Lipinski definition) is 4. The number of rotatable bonds is 10. The summed E-state index contributed by atoms with van der Waals surface area (Å²) in [5, 5.41) is 19.7. The van der Waals surface area contributed by atoms with E-state index in [1.54, 1.807) is 0 Å². The monoisotopic (exact) mass is 408 g/mol. The van der Waals surface area contributed by atoms with Crippen LogP contribution in [0, 0.1) is 0 Å². The third-order valence-electron chi connectivity index (χ3n) is 2.47. The topological polar surface area (TPSA) is 80.3 Å². The predicted molar refractivity (Wildman–Crippen MR) is 85.0 cm³/mol. The van der Waals surface area contributed by atoms with Crippen LogP contribution in [0.1, 0.15) is 78.1 Å². The molecule has 0 aliphatic carbocycles. The van der Waals surface area contributed by atoms with Crippen LogP contribution in [0.3, 0.4) is 0 Å². The number of carboxylic acid groups (broad SMARTS) is 2. The van der Waals surface area contributed by atoms with E-state index in [-0.39, 0.29) is 34.0 Å². The van der Waals surface area contributed by atoms with Crippen molar-refractivity contribution in [3.8, 4) is 0 Å². The van der Waals surface area contributed by atoms with Crippen molar-refractivity contribution in [2.45, 2.75) is 87.9 Å². The van der Waals surface area contributed by atoms with Gasteiger partial charge in [0.25, 0.3) is 0 Å². The standard InChI is InChI=1S/2C7H14O2.2CH3.Sn/c2*1-2-3-4-5-6-7(8)9;;;/h2*2-6H2,1H3,(H,8,9);2*1H3;/q;;;;+2/p-2. The molecule has 0 aliphatic rings. The van der Waals surface area contributed by atoms with E-state index in [0.29, 0.717) is 0 Å². The van der Waals surface area contributed by atoms with E-state index in [0.717, 1.165) is 51.4 Å². The van der Waals surface area contributed by atoms with Crippen molar-refractivity contribution in [3.05, 3.63) is 0 Å². The first-order valence-corrected chi connectivity index (χ1v) is 13.6. The Kier molecular flexibility index (Phi) is 30.2. The van der Waals surface area contributed by atoms with Crippen molar-refractivity contribution >= 4 is 33.1 Å². The zero-order valence-electron chi connectivity index (χ0n) is 14.2. The van der Waals surface area contributed by atoms with E-state index < -0.39 is 11.9 Å². The first-order valence-electron chi connectivity index (χ1n) is 7.94. The Bertz CT molecular complexity index is 198. The number of carboxylic acids is 2. The predicted octanol–water partition coefficient (Wildman–Crippen LogP) is 2.20. The van der Waals surface area contributed by atoms with Gasteiger partial charge in [-0.3, -0.25) is 0 Å². The van der Waals surface area contributed by atoms with Crippen LogP contribution in [-0.4, -0.2) is 33.1 Å². The summed E-state index contributed by atoms with van der Waals surface area (Å²) in [7, 11) is 0. The molecule has 5 heteroatoms. The second-order valence-corrected chi connectivity index (χ2v) is 7.72. The zero-order chi connectivity index (χ0) is 16.9. The molecule has 4 nitrogen and oxygen atoms in total. The van der Waals surface area contributed by atoms with Gasteiger partial charge in [0.1, 0.15) is 0 Å². The first kappa shape index (κ1) is 25.7. The molecule has 0 unspecified atom stereocenters. The van der Waals surface area contributed by atoms with Gasteiger partial charge in [-0.15, -0.1) is 0 Å². The molecule has 0 atom stereocenters. The normalized spacial score (nSPS) is 8.57. The molecular weight excluding hydrogens is 375 g/mol. The summed E-state index contributed by atoms with van der Waals surface area (Å²) in [5.74, 6) is -1.85. The van der Waals surface area contributed by atoms with Crippen molar-refractivity contribution in [1.82, 2.24) is 0 Å². The second kappa shape index (κ2) is 24.7. The molecule has 21 heavy (non-hydrogen) atoms. The first-order chi connectivity index (χ1) is 9.95. The van der Waals surface area contributed by atoms with E-state index >= 15 is 0 Å². The molecule has 0 rings (SSSR count). The number of aliphatic carboxylic acids is 2. The van der Waals surface area contributed by atoms with Crippen LogP contribution in [0.2, 0.25) is 9.88 Å². The van der Waals surface area contributed by atoms with E-state index in [9.17, 15) is 19.8 Å². The number of carbonyl (C=O) groups is 2. The summed E-state index contributed by atoms with van der Waals surface area (Å²) in [6, 6.07) is 0. The summed E-state index contributed by atoms with van der Waals surface area (Å²) in [4.78, 5) is 24.3. The molecule has 0 saturated carbocycles. The van der Waals surface area contributed by atoms with E-state index in [1.807, 2.05) is 0 Å². The van der Waals surface area contributed by atoms with Gasteiger partial charge in [0.2, 0.25) is 0 Å². The van der Waals surface area contributed by atoms with Crippen LogP contribution in [0.25, 0.3) is 0 Å². The molecule has 0 N–H and O–H groups in total. The minimum atomic E-state index is -0.925. The van der Waals surface area contributed by atoms with Crippen molar-refractivity contribution in [3.63, 3.8) is 0 Å². The Morgan fingerprint density at radius 1 is 0.714 bits per heavy atom. The van der Waals surface area contributed by atoms with Gasteiger partial charge in [0, 0.05) is 11.9 Å². The van der Waals surface area contributed by atoms with Crippen LogP contribution in [-0.2, 0) is 9.59 Å². The molecule has 0 saturated heterocycles. The molecule has 0 aromatic carbocycles. The maximum absolute atomic E-state index is 9.85. The fourth-order valence-corrected chi connectivity index (χ4v) is 1.39. The summed E-state index contributed by atoms with van der Waals surface area (Å²) < 4.78 is 0. The third kappa shape index (κ3) is 45.1. The fraction of sp³-hybridized carbons (Fsp3) is 0.875. The van der Waals surface area contributed by atoms with Gasteiger partial charge in [-0.2, -0.15) is 0 Å². The van der Waals surface area contributed by atoms with Gasteiger partial charge in [-0.1, -0.05) is 52.4 Å². The van der Waals surface area contributed by atoms with Crippen molar-refractivity contribution < 1.29 is 19.8 Å². The van der Waals surface area contributed by atoms with Crippen LogP contribution in [0.15, 0.2) is 0 Å². The van der Waals surface area contributed by atoms with Gasteiger partial charge in [0.05, 0.1) is 0 Å². The van der Waals surface area contributed by atoms with Gasteiger partial charge in [0.15, 0.2) is 0 Å². The molecule has 0 heterocycles. The third-order valence-corrected chi connectivity index (χ3v) is 2.47. The van der Waals surface area contributed by atoms with Crippen LogP contribution in [0.4, 0.5) is 0 Å². The Hall–Kier alpha value is -0.261. The van der Waals surface area contributed by atoms with E-state index in [4.69, 9.17) is 0 Å². The SMILES string of the molecule is CCCCCCC(=O)[O-].CCCCCCC(=O)[O-].[CH3][Sn+2][CH3]. The van der Waals surface area contributed by atoms with Crippen LogP contribution < -0.4 is 10.2 Å². The van der Waals surface area contributed by atoms with Gasteiger partial charge in [-0.05, 0) is 25.7 Å². The van der Waals surface area contributed by atoms with Crippen molar-refractivity contribution in [1.29, 1.82) is 0 Å². The average molecular weight is 407 g/mol. The van der Waals surface area contributed by atoms with Crippen LogP contribution in [0.5, 0.6) is 0 Å². The molecule has 0 aromatic rings. The Balaban J connectivity index is -0.000000260. The molecule has 0 aromatic heterocycles. The molecule has 124 valence electrons. The Morgan fingerprint density at radius 2 is 1.00 bits per heavy atom. The van der Waals surface area contributed by atoms with Gasteiger partial charge < -0.3 is 19.8 Å². The van der Waals surface area contributed by atoms with Crippen LogP contribution >= 0.6 is 0 Å². The Morgan fingerprint density at radius 3 is 1.19 bits per heavy atom. The maximum atomic E-state index is 9.85. The molecule has 0 bridgehead atoms. The summed E-state index contributed by atoms with van der Waals surface area (Å²) in [6.07, 6.45) is 8.59. The molecule has 0 fully saturated rings. The number of carbonyl (C=O) groups excluding carboxylic acids is 2. The van der Waals surface area contributed by atoms with Gasteiger partial charge in [-0.25, -0.2) is 0 Å². The van der Waals surface area contributed by atoms with Gasteiger partial charge >= 0.3 is 31.0 Å². The number of hydrogen-bond donors (Lipinski definition) is 0. The molecule has 0 radical (unpaired) electrons. The molecule has 0 spiro atoms. The summed E-state index contributed by atoms with van der Waals surface area (Å²) in [5.41, 5.74) is 0. The molecule has 0 aliphatic heterocycles. The summed E-state index contributed by atoms with van der Waals surface area (Å²) >= 11 is 0.230. The fourth-order valence-electron chi connectivity index (χ4n) is 1.39. The zero-order valence-corrected chi connectivity index (χ0v) is 17.1. The van der Waals surface area contributed by atoms with E-state index in [1.165, 1.54) is 0 Å². The minimum absolute atomic E-state index is 0.222. The van der Waals surface area contributed by atoms with E-state index in [2.05, 4.69) is 23.7 Å². The molecular formula is C16H32O4Sn.